The molecule has 0 saturated carbocycles. The molecule has 3 N–H and O–H groups in total. The highest BCUT2D eigenvalue weighted by Gasteiger charge is 2.05. The molecule has 18 heavy (non-hydrogen) atoms. The summed E-state index contributed by atoms with van der Waals surface area (Å²) in [6.07, 6.45) is 0. The second kappa shape index (κ2) is 3.70. The van der Waals surface area contributed by atoms with Crippen LogP contribution in [0.1, 0.15) is 10.4 Å². The van der Waals surface area contributed by atoms with E-state index in [2.05, 4.69) is 4.98 Å². The van der Waals surface area contributed by atoms with Gasteiger partial charge in [-0.3, -0.25) is 0 Å². The third kappa shape index (κ3) is 1.64. The first-order valence-corrected chi connectivity index (χ1v) is 5.47. The summed E-state index contributed by atoms with van der Waals surface area (Å²) in [4.78, 5) is 15.4. The first kappa shape index (κ1) is 10.5. The van der Waals surface area contributed by atoms with E-state index < -0.39 is 5.97 Å². The Hall–Kier alpha value is -2.62. The number of rotatable bonds is 1. The zero-order valence-electron chi connectivity index (χ0n) is 9.42. The lowest BCUT2D eigenvalue weighted by atomic mass is 10.1. The highest BCUT2D eigenvalue weighted by Crippen LogP contribution is 2.22. The Balaban J connectivity index is 2.34. The van der Waals surface area contributed by atoms with Gasteiger partial charge in [-0.15, -0.1) is 0 Å². The van der Waals surface area contributed by atoms with Crippen molar-refractivity contribution in [1.82, 2.24) is 4.98 Å². The fourth-order valence-electron chi connectivity index (χ4n) is 1.98. The molecular weight excluding hydrogens is 228 g/mol. The number of carboxylic acid groups (broad SMARTS) is 1. The highest BCUT2D eigenvalue weighted by molar-refractivity contribution is 5.98. The number of nitrogens with two attached hydrogens (primary N) is 1. The van der Waals surface area contributed by atoms with E-state index in [4.69, 9.17) is 10.8 Å². The summed E-state index contributed by atoms with van der Waals surface area (Å²) >= 11 is 0. The first-order chi connectivity index (χ1) is 8.63. The van der Waals surface area contributed by atoms with Crippen LogP contribution in [-0.4, -0.2) is 16.1 Å². The lowest BCUT2D eigenvalue weighted by molar-refractivity contribution is 0.0697. The van der Waals surface area contributed by atoms with Crippen molar-refractivity contribution in [3.8, 4) is 0 Å². The number of hydrogen-bond donors (Lipinski definition) is 2. The third-order valence-corrected chi connectivity index (χ3v) is 2.88. The number of fused-ring (bicyclic) bond motifs is 2. The molecule has 0 aliphatic rings. The van der Waals surface area contributed by atoms with E-state index in [-0.39, 0.29) is 5.56 Å². The minimum atomic E-state index is -0.936. The van der Waals surface area contributed by atoms with Gasteiger partial charge in [0, 0.05) is 16.5 Å². The number of pyridine rings is 1. The third-order valence-electron chi connectivity index (χ3n) is 2.88. The van der Waals surface area contributed by atoms with Crippen LogP contribution in [0.2, 0.25) is 0 Å². The maximum absolute atomic E-state index is 10.9. The molecule has 0 spiro atoms. The molecule has 0 unspecified atom stereocenters. The van der Waals surface area contributed by atoms with Crippen molar-refractivity contribution in [3.05, 3.63) is 48.0 Å². The van der Waals surface area contributed by atoms with Gasteiger partial charge in [0.2, 0.25) is 0 Å². The lowest BCUT2D eigenvalue weighted by Gasteiger charge is -2.03. The number of aromatic nitrogens is 1. The van der Waals surface area contributed by atoms with Crippen LogP contribution in [0.3, 0.4) is 0 Å². The van der Waals surface area contributed by atoms with Crippen LogP contribution in [0.25, 0.3) is 21.8 Å². The molecule has 4 nitrogen and oxygen atoms in total. The monoisotopic (exact) mass is 238 g/mol. The standard InChI is InChI=1S/C14H10N2O2/c15-11-3-1-8-5-10-6-9(14(17)18)2-4-12(10)16-13(8)7-11/h1-7H,15H2,(H,17,18). The number of benzene rings is 2. The molecule has 0 radical (unpaired) electrons. The minimum Gasteiger partial charge on any atom is -0.478 e. The molecule has 0 bridgehead atoms. The summed E-state index contributed by atoms with van der Waals surface area (Å²) < 4.78 is 0. The van der Waals surface area contributed by atoms with Gasteiger partial charge in [-0.25, -0.2) is 9.78 Å². The van der Waals surface area contributed by atoms with E-state index in [0.29, 0.717) is 5.69 Å². The highest BCUT2D eigenvalue weighted by atomic mass is 16.4. The normalized spacial score (nSPS) is 10.9. The van der Waals surface area contributed by atoms with E-state index in [1.807, 2.05) is 12.1 Å². The number of anilines is 1. The first-order valence-electron chi connectivity index (χ1n) is 5.47. The van der Waals surface area contributed by atoms with Crippen LogP contribution in [-0.2, 0) is 0 Å². The van der Waals surface area contributed by atoms with Gasteiger partial charge < -0.3 is 10.8 Å². The fraction of sp³-hybridized carbons (Fsp3) is 0. The molecule has 1 aromatic heterocycles. The smallest absolute Gasteiger partial charge is 0.335 e. The van der Waals surface area contributed by atoms with Crippen LogP contribution < -0.4 is 5.73 Å². The number of carbonyl (C=O) groups is 1. The Morgan fingerprint density at radius 1 is 1.00 bits per heavy atom. The Kier molecular flexibility index (Phi) is 2.16. The second-order valence-electron chi connectivity index (χ2n) is 4.15. The predicted molar refractivity (Wildman–Crippen MR) is 70.6 cm³/mol. The molecule has 0 saturated heterocycles. The zero-order valence-corrected chi connectivity index (χ0v) is 9.42. The van der Waals surface area contributed by atoms with Crippen molar-refractivity contribution >= 4 is 33.5 Å². The molecular formula is C14H10N2O2. The van der Waals surface area contributed by atoms with E-state index in [1.54, 1.807) is 30.3 Å². The molecule has 0 amide bonds. The summed E-state index contributed by atoms with van der Waals surface area (Å²) in [5, 5.41) is 10.7. The van der Waals surface area contributed by atoms with Gasteiger partial charge in [-0.2, -0.15) is 0 Å². The maximum Gasteiger partial charge on any atom is 0.335 e. The van der Waals surface area contributed by atoms with Crippen molar-refractivity contribution in [3.63, 3.8) is 0 Å². The molecule has 0 fully saturated rings. The second-order valence-corrected chi connectivity index (χ2v) is 4.15. The van der Waals surface area contributed by atoms with E-state index in [0.717, 1.165) is 21.8 Å². The maximum atomic E-state index is 10.9. The van der Waals surface area contributed by atoms with Crippen molar-refractivity contribution in [2.45, 2.75) is 0 Å². The van der Waals surface area contributed by atoms with Gasteiger partial charge >= 0.3 is 5.97 Å². The molecule has 0 aliphatic heterocycles. The minimum absolute atomic E-state index is 0.263. The van der Waals surface area contributed by atoms with Gasteiger partial charge in [0.1, 0.15) is 0 Å². The van der Waals surface area contributed by atoms with Gasteiger partial charge in [-0.1, -0.05) is 6.07 Å². The van der Waals surface area contributed by atoms with Crippen molar-refractivity contribution < 1.29 is 9.90 Å². The van der Waals surface area contributed by atoms with Crippen molar-refractivity contribution in [2.75, 3.05) is 5.73 Å². The summed E-state index contributed by atoms with van der Waals surface area (Å²) in [7, 11) is 0. The van der Waals surface area contributed by atoms with Crippen molar-refractivity contribution in [2.24, 2.45) is 0 Å². The largest absolute Gasteiger partial charge is 0.478 e. The van der Waals surface area contributed by atoms with Gasteiger partial charge in [0.05, 0.1) is 16.6 Å². The quantitative estimate of drug-likeness (QED) is 0.504. The topological polar surface area (TPSA) is 76.2 Å². The number of nitrogen functional groups attached to an aromatic ring is 1. The predicted octanol–water partition coefficient (Wildman–Crippen LogP) is 2.67. The van der Waals surface area contributed by atoms with Crippen LogP contribution in [0.15, 0.2) is 42.5 Å². The average molecular weight is 238 g/mol. The molecule has 3 aromatic rings. The number of hydrogen-bond acceptors (Lipinski definition) is 3. The Morgan fingerprint density at radius 3 is 2.61 bits per heavy atom. The molecule has 3 rings (SSSR count). The van der Waals surface area contributed by atoms with Gasteiger partial charge in [0.25, 0.3) is 0 Å². The Morgan fingerprint density at radius 2 is 1.83 bits per heavy atom. The summed E-state index contributed by atoms with van der Waals surface area (Å²) in [5.41, 5.74) is 8.21. The van der Waals surface area contributed by atoms with Crippen LogP contribution in [0.5, 0.6) is 0 Å². The molecule has 88 valence electrons. The fourth-order valence-corrected chi connectivity index (χ4v) is 1.98. The van der Waals surface area contributed by atoms with E-state index >= 15 is 0 Å². The molecule has 0 aliphatic carbocycles. The summed E-state index contributed by atoms with van der Waals surface area (Å²) in [5.74, 6) is -0.936. The SMILES string of the molecule is Nc1ccc2cc3cc(C(=O)O)ccc3nc2c1. The Bertz CT molecular complexity index is 781. The molecule has 2 aromatic carbocycles. The summed E-state index contributed by atoms with van der Waals surface area (Å²) in [6.45, 7) is 0. The lowest BCUT2D eigenvalue weighted by Crippen LogP contribution is -1.96. The van der Waals surface area contributed by atoms with Crippen LogP contribution in [0, 0.1) is 0 Å². The van der Waals surface area contributed by atoms with Crippen molar-refractivity contribution in [1.29, 1.82) is 0 Å². The number of carboxylic acids is 1. The molecule has 4 heteroatoms. The summed E-state index contributed by atoms with van der Waals surface area (Å²) in [6, 6.07) is 12.3. The molecule has 0 atom stereocenters. The van der Waals surface area contributed by atoms with Gasteiger partial charge in [0.15, 0.2) is 0 Å². The van der Waals surface area contributed by atoms with Crippen LogP contribution >= 0.6 is 0 Å². The van der Waals surface area contributed by atoms with E-state index in [1.165, 1.54) is 0 Å². The van der Waals surface area contributed by atoms with E-state index in [9.17, 15) is 4.79 Å². The average Bonchev–Trinajstić information content (AvgIpc) is 2.35. The van der Waals surface area contributed by atoms with Gasteiger partial charge in [-0.05, 0) is 36.4 Å². The number of nitrogens with zero attached hydrogens (tertiary/aromatic N) is 1. The number of aromatic carboxylic acids is 1. The molecule has 1 heterocycles. The zero-order chi connectivity index (χ0) is 12.7. The Labute approximate surface area is 103 Å². The van der Waals surface area contributed by atoms with Crippen LogP contribution in [0.4, 0.5) is 5.69 Å².